The Morgan fingerprint density at radius 2 is 2.14 bits per heavy atom. The first-order chi connectivity index (χ1) is 14.1. The molecule has 152 valence electrons. The van der Waals surface area contributed by atoms with Gasteiger partial charge in [0.25, 0.3) is 0 Å². The first-order valence-electron chi connectivity index (χ1n) is 9.56. The number of thiophene rings is 1. The van der Waals surface area contributed by atoms with E-state index in [2.05, 4.69) is 25.3 Å². The third-order valence-corrected chi connectivity index (χ3v) is 6.59. The van der Waals surface area contributed by atoms with Crippen LogP contribution in [0.3, 0.4) is 0 Å². The number of nitrogens with one attached hydrogen (secondary N) is 1. The fraction of sp³-hybridized carbons (Fsp3) is 0.421. The molecular weight excluding hydrogens is 406 g/mol. The first kappa shape index (κ1) is 19.7. The summed E-state index contributed by atoms with van der Waals surface area (Å²) >= 11 is 6.99. The SMILES string of the molecule is CC(C(=O)N1CCC(N(C)c2cccnn2)CC1)n1c(-c2cccs2)n[nH]c1=S. The molecule has 1 atom stereocenters. The molecule has 0 aromatic carbocycles. The molecule has 1 N–H and O–H groups in total. The number of aromatic amines is 1. The largest absolute Gasteiger partial charge is 0.355 e. The molecule has 3 aromatic heterocycles. The number of piperidine rings is 1. The highest BCUT2D eigenvalue weighted by atomic mass is 32.1. The van der Waals surface area contributed by atoms with Crippen LogP contribution < -0.4 is 4.90 Å². The molecule has 0 saturated carbocycles. The smallest absolute Gasteiger partial charge is 0.245 e. The van der Waals surface area contributed by atoms with Crippen molar-refractivity contribution in [3.63, 3.8) is 0 Å². The summed E-state index contributed by atoms with van der Waals surface area (Å²) in [5.74, 6) is 1.64. The molecule has 0 spiro atoms. The van der Waals surface area contributed by atoms with Crippen molar-refractivity contribution < 1.29 is 4.79 Å². The molecule has 1 unspecified atom stereocenters. The van der Waals surface area contributed by atoms with Gasteiger partial charge in [0.15, 0.2) is 16.4 Å². The Kier molecular flexibility index (Phi) is 5.72. The number of likely N-dealkylation sites (tertiary alicyclic amines) is 1. The molecule has 1 fully saturated rings. The van der Waals surface area contributed by atoms with E-state index in [4.69, 9.17) is 12.2 Å². The van der Waals surface area contributed by atoms with Crippen LogP contribution in [0.1, 0.15) is 25.8 Å². The number of H-pyrrole nitrogens is 1. The molecular formula is C19H23N7OS2. The molecule has 1 aliphatic rings. The van der Waals surface area contributed by atoms with Gasteiger partial charge in [0.2, 0.25) is 5.91 Å². The van der Waals surface area contributed by atoms with Crippen molar-refractivity contribution in [1.29, 1.82) is 0 Å². The van der Waals surface area contributed by atoms with E-state index in [0.717, 1.165) is 23.5 Å². The number of hydrogen-bond donors (Lipinski definition) is 1. The van der Waals surface area contributed by atoms with Crippen molar-refractivity contribution in [3.8, 4) is 10.7 Å². The van der Waals surface area contributed by atoms with Gasteiger partial charge in [0.1, 0.15) is 6.04 Å². The van der Waals surface area contributed by atoms with Crippen LogP contribution in [-0.4, -0.2) is 61.9 Å². The minimum Gasteiger partial charge on any atom is -0.355 e. The Balaban J connectivity index is 1.44. The standard InChI is InChI=1S/C19H23N7OS2/c1-13(26-17(22-23-19(26)28)15-5-4-12-29-15)18(27)25-10-7-14(8-11-25)24(2)16-6-3-9-20-21-16/h3-6,9,12-14H,7-8,10-11H2,1-2H3,(H,23,28). The molecule has 1 amide bonds. The number of hydrogen-bond acceptors (Lipinski definition) is 7. The zero-order chi connectivity index (χ0) is 20.4. The van der Waals surface area contributed by atoms with E-state index >= 15 is 0 Å². The zero-order valence-electron chi connectivity index (χ0n) is 16.4. The summed E-state index contributed by atoms with van der Waals surface area (Å²) < 4.78 is 2.29. The normalized spacial score (nSPS) is 16.0. The summed E-state index contributed by atoms with van der Waals surface area (Å²) in [4.78, 5) is 18.3. The second-order valence-corrected chi connectivity index (χ2v) is 8.46. The molecule has 1 aliphatic heterocycles. The number of rotatable bonds is 5. The van der Waals surface area contributed by atoms with Crippen LogP contribution in [0.15, 0.2) is 35.8 Å². The van der Waals surface area contributed by atoms with Crippen LogP contribution in [-0.2, 0) is 4.79 Å². The number of aromatic nitrogens is 5. The van der Waals surface area contributed by atoms with Gasteiger partial charge in [-0.05, 0) is 55.6 Å². The van der Waals surface area contributed by atoms with Crippen LogP contribution in [0.2, 0.25) is 0 Å². The van der Waals surface area contributed by atoms with Gasteiger partial charge in [-0.2, -0.15) is 10.2 Å². The third kappa shape index (κ3) is 3.95. The number of anilines is 1. The second-order valence-electron chi connectivity index (χ2n) is 7.12. The predicted molar refractivity (Wildman–Crippen MR) is 115 cm³/mol. The van der Waals surface area contributed by atoms with E-state index in [1.54, 1.807) is 17.5 Å². The van der Waals surface area contributed by atoms with E-state index in [-0.39, 0.29) is 5.91 Å². The molecule has 4 rings (SSSR count). The van der Waals surface area contributed by atoms with Gasteiger partial charge >= 0.3 is 0 Å². The summed E-state index contributed by atoms with van der Waals surface area (Å²) in [7, 11) is 2.03. The maximum Gasteiger partial charge on any atom is 0.245 e. The fourth-order valence-electron chi connectivity index (χ4n) is 3.76. The zero-order valence-corrected chi connectivity index (χ0v) is 18.0. The van der Waals surface area contributed by atoms with Crippen molar-refractivity contribution in [2.24, 2.45) is 0 Å². The Hall–Kier alpha value is -2.59. The van der Waals surface area contributed by atoms with Crippen LogP contribution in [0.4, 0.5) is 5.82 Å². The number of nitrogens with zero attached hydrogens (tertiary/aromatic N) is 6. The van der Waals surface area contributed by atoms with Gasteiger partial charge in [0.05, 0.1) is 4.88 Å². The molecule has 4 heterocycles. The lowest BCUT2D eigenvalue weighted by Gasteiger charge is -2.38. The van der Waals surface area contributed by atoms with Gasteiger partial charge in [0, 0.05) is 32.4 Å². The third-order valence-electron chi connectivity index (χ3n) is 5.43. The summed E-state index contributed by atoms with van der Waals surface area (Å²) in [5.41, 5.74) is 0. The van der Waals surface area contributed by atoms with Gasteiger partial charge < -0.3 is 9.80 Å². The summed E-state index contributed by atoms with van der Waals surface area (Å²) in [6, 6.07) is 7.72. The second kappa shape index (κ2) is 8.42. The topological polar surface area (TPSA) is 82.9 Å². The molecule has 8 nitrogen and oxygen atoms in total. The monoisotopic (exact) mass is 429 g/mol. The lowest BCUT2D eigenvalue weighted by Crippen LogP contribution is -2.47. The summed E-state index contributed by atoms with van der Waals surface area (Å²) in [5, 5.41) is 17.3. The van der Waals surface area contributed by atoms with Crippen molar-refractivity contribution in [3.05, 3.63) is 40.6 Å². The molecule has 10 heteroatoms. The van der Waals surface area contributed by atoms with Gasteiger partial charge in [-0.1, -0.05) is 6.07 Å². The predicted octanol–water partition coefficient (Wildman–Crippen LogP) is 3.15. The molecule has 29 heavy (non-hydrogen) atoms. The van der Waals surface area contributed by atoms with E-state index in [0.29, 0.717) is 29.7 Å². The lowest BCUT2D eigenvalue weighted by molar-refractivity contribution is -0.135. The Bertz CT molecular complexity index is 1010. The molecule has 3 aromatic rings. The van der Waals surface area contributed by atoms with Crippen LogP contribution in [0.5, 0.6) is 0 Å². The van der Waals surface area contributed by atoms with Crippen LogP contribution in [0, 0.1) is 4.77 Å². The quantitative estimate of drug-likeness (QED) is 0.628. The minimum atomic E-state index is -0.410. The highest BCUT2D eigenvalue weighted by molar-refractivity contribution is 7.71. The molecule has 0 aliphatic carbocycles. The van der Waals surface area contributed by atoms with Gasteiger partial charge in [-0.25, -0.2) is 0 Å². The van der Waals surface area contributed by atoms with Gasteiger partial charge in [-0.15, -0.1) is 16.4 Å². The number of carbonyl (C=O) groups is 1. The molecule has 1 saturated heterocycles. The average Bonchev–Trinajstić information content (AvgIpc) is 3.42. The lowest BCUT2D eigenvalue weighted by atomic mass is 10.0. The van der Waals surface area contributed by atoms with Crippen molar-refractivity contribution >= 4 is 35.3 Å². The Labute approximate surface area is 178 Å². The summed E-state index contributed by atoms with van der Waals surface area (Å²) in [6.45, 7) is 3.30. The van der Waals surface area contributed by atoms with Gasteiger partial charge in [-0.3, -0.25) is 14.5 Å². The highest BCUT2D eigenvalue weighted by Gasteiger charge is 2.30. The minimum absolute atomic E-state index is 0.0703. The summed E-state index contributed by atoms with van der Waals surface area (Å²) in [6.07, 6.45) is 3.45. The van der Waals surface area contributed by atoms with Crippen molar-refractivity contribution in [2.75, 3.05) is 25.0 Å². The van der Waals surface area contributed by atoms with Crippen LogP contribution in [0.25, 0.3) is 10.7 Å². The maximum absolute atomic E-state index is 13.2. The highest BCUT2D eigenvalue weighted by Crippen LogP contribution is 2.27. The van der Waals surface area contributed by atoms with Crippen molar-refractivity contribution in [2.45, 2.75) is 31.8 Å². The van der Waals surface area contributed by atoms with E-state index in [1.165, 1.54) is 0 Å². The maximum atomic E-state index is 13.2. The first-order valence-corrected chi connectivity index (χ1v) is 10.8. The number of carbonyl (C=O) groups excluding carboxylic acids is 1. The average molecular weight is 430 g/mol. The molecule has 0 bridgehead atoms. The van der Waals surface area contributed by atoms with E-state index in [1.807, 2.05) is 53.1 Å². The van der Waals surface area contributed by atoms with E-state index in [9.17, 15) is 4.79 Å². The van der Waals surface area contributed by atoms with Crippen LogP contribution >= 0.6 is 23.6 Å². The Morgan fingerprint density at radius 3 is 2.79 bits per heavy atom. The van der Waals surface area contributed by atoms with E-state index < -0.39 is 6.04 Å². The molecule has 0 radical (unpaired) electrons. The Morgan fingerprint density at radius 1 is 1.34 bits per heavy atom. The fourth-order valence-corrected chi connectivity index (χ4v) is 4.76. The number of amides is 1. The van der Waals surface area contributed by atoms with Crippen molar-refractivity contribution in [1.82, 2.24) is 29.9 Å².